The minimum atomic E-state index is -0.888. The van der Waals surface area contributed by atoms with Crippen LogP contribution in [0, 0.1) is 0 Å². The summed E-state index contributed by atoms with van der Waals surface area (Å²) < 4.78 is 10.5. The maximum atomic E-state index is 13.7. The van der Waals surface area contributed by atoms with Gasteiger partial charge in [-0.25, -0.2) is 0 Å². The van der Waals surface area contributed by atoms with Crippen molar-refractivity contribution in [3.05, 3.63) is 76.4 Å². The molecule has 0 saturated heterocycles. The van der Waals surface area contributed by atoms with Crippen LogP contribution in [0.4, 0.5) is 0 Å². The van der Waals surface area contributed by atoms with Gasteiger partial charge in [0.05, 0.1) is 26.5 Å². The minimum absolute atomic E-state index is 0.0907. The molecule has 0 radical (unpaired) electrons. The Kier molecular flexibility index (Phi) is 8.20. The van der Waals surface area contributed by atoms with Gasteiger partial charge in [0.1, 0.15) is 11.8 Å². The quantitative estimate of drug-likeness (QED) is 0.444. The molecule has 1 fully saturated rings. The number of nitrogens with zero attached hydrogens (tertiary/aromatic N) is 1. The number of amides is 3. The summed E-state index contributed by atoms with van der Waals surface area (Å²) in [6, 6.07) is 13.3. The van der Waals surface area contributed by atoms with Crippen LogP contribution in [-0.2, 0) is 16.1 Å². The predicted molar refractivity (Wildman–Crippen MR) is 132 cm³/mol. The van der Waals surface area contributed by atoms with Crippen LogP contribution in [0.25, 0.3) is 0 Å². The second kappa shape index (κ2) is 11.7. The van der Waals surface area contributed by atoms with Crippen molar-refractivity contribution in [1.82, 2.24) is 15.5 Å². The Morgan fingerprint density at radius 3 is 2.66 bits per heavy atom. The highest BCUT2D eigenvalue weighted by atomic mass is 32.1. The number of carbonyl (C=O) groups excluding carboxylic acids is 3. The van der Waals surface area contributed by atoms with Gasteiger partial charge in [-0.2, -0.15) is 0 Å². The maximum absolute atomic E-state index is 13.7. The van der Waals surface area contributed by atoms with E-state index < -0.39 is 11.9 Å². The van der Waals surface area contributed by atoms with Gasteiger partial charge in [-0.1, -0.05) is 31.0 Å². The van der Waals surface area contributed by atoms with E-state index in [9.17, 15) is 14.4 Å². The van der Waals surface area contributed by atoms with Crippen molar-refractivity contribution in [1.29, 1.82) is 0 Å². The van der Waals surface area contributed by atoms with Crippen LogP contribution in [0.5, 0.6) is 5.75 Å². The molecule has 1 saturated carbocycles. The third kappa shape index (κ3) is 6.30. The van der Waals surface area contributed by atoms with Crippen LogP contribution < -0.4 is 15.4 Å². The lowest BCUT2D eigenvalue weighted by molar-refractivity contribution is -0.141. The zero-order valence-electron chi connectivity index (χ0n) is 19.6. The Morgan fingerprint density at radius 1 is 1.14 bits per heavy atom. The number of hydrogen-bond donors (Lipinski definition) is 2. The molecule has 0 bridgehead atoms. The summed E-state index contributed by atoms with van der Waals surface area (Å²) in [7, 11) is 1.56. The lowest BCUT2D eigenvalue weighted by atomic mass is 10.0. The van der Waals surface area contributed by atoms with Crippen molar-refractivity contribution in [3.8, 4) is 5.75 Å². The van der Waals surface area contributed by atoms with Gasteiger partial charge >= 0.3 is 0 Å². The molecule has 3 aromatic rings. The number of carbonyl (C=O) groups is 3. The van der Waals surface area contributed by atoms with Gasteiger partial charge in [0.25, 0.3) is 5.91 Å². The number of benzene rings is 1. The Labute approximate surface area is 208 Å². The zero-order chi connectivity index (χ0) is 24.6. The molecule has 1 atom stereocenters. The molecule has 2 aromatic heterocycles. The molecule has 2 heterocycles. The maximum Gasteiger partial charge on any atom is 0.287 e. The molecule has 1 unspecified atom stereocenters. The molecule has 0 aliphatic heterocycles. The summed E-state index contributed by atoms with van der Waals surface area (Å²) in [5.41, 5.74) is 0.641. The van der Waals surface area contributed by atoms with E-state index in [1.54, 1.807) is 31.4 Å². The average molecular weight is 496 g/mol. The fraction of sp³-hybridized carbons (Fsp3) is 0.346. The third-order valence-electron chi connectivity index (χ3n) is 6.04. The van der Waals surface area contributed by atoms with E-state index in [4.69, 9.17) is 9.15 Å². The number of methoxy groups -OCH3 is 1. The van der Waals surface area contributed by atoms with Crippen molar-refractivity contribution in [2.75, 3.05) is 13.7 Å². The summed E-state index contributed by atoms with van der Waals surface area (Å²) in [5.74, 6) is -0.408. The van der Waals surface area contributed by atoms with Gasteiger partial charge in [0.2, 0.25) is 11.8 Å². The highest BCUT2D eigenvalue weighted by Gasteiger charge is 2.34. The molecule has 35 heavy (non-hydrogen) atoms. The Morgan fingerprint density at radius 2 is 1.97 bits per heavy atom. The van der Waals surface area contributed by atoms with E-state index in [2.05, 4.69) is 10.6 Å². The number of rotatable bonds is 10. The first-order valence-electron chi connectivity index (χ1n) is 11.6. The first-order valence-corrected chi connectivity index (χ1v) is 12.5. The molecule has 1 aliphatic rings. The van der Waals surface area contributed by atoms with Gasteiger partial charge in [0.15, 0.2) is 5.76 Å². The van der Waals surface area contributed by atoms with Crippen molar-refractivity contribution >= 4 is 29.1 Å². The fourth-order valence-electron chi connectivity index (χ4n) is 4.28. The van der Waals surface area contributed by atoms with Crippen molar-refractivity contribution in [2.45, 2.75) is 44.3 Å². The van der Waals surface area contributed by atoms with Crippen LogP contribution in [0.1, 0.15) is 52.7 Å². The van der Waals surface area contributed by atoms with E-state index >= 15 is 0 Å². The molecule has 184 valence electrons. The van der Waals surface area contributed by atoms with Crippen LogP contribution in [0.3, 0.4) is 0 Å². The molecule has 1 aliphatic carbocycles. The smallest absolute Gasteiger partial charge is 0.287 e. The first-order chi connectivity index (χ1) is 17.0. The second-order valence-electron chi connectivity index (χ2n) is 8.43. The molecule has 1 aromatic carbocycles. The standard InChI is InChI=1S/C26H29N3O5S/c1-33-20-10-4-7-18(15-20)24(26(32)28-19-8-2-3-9-19)29(17-21-11-6-14-35-21)23(30)16-27-25(31)22-12-5-13-34-22/h4-7,10-15,19,24H,2-3,8-9,16-17H2,1H3,(H,27,31)(H,28,32). The van der Waals surface area contributed by atoms with Crippen LogP contribution >= 0.6 is 11.3 Å². The lowest BCUT2D eigenvalue weighted by Crippen LogP contribution is -2.48. The SMILES string of the molecule is COc1cccc(C(C(=O)NC2CCCC2)N(Cc2cccs2)C(=O)CNC(=O)c2ccco2)c1. The Hall–Kier alpha value is -3.59. The summed E-state index contributed by atoms with van der Waals surface area (Å²) in [6.45, 7) is -0.0465. The van der Waals surface area contributed by atoms with E-state index in [-0.39, 0.29) is 36.7 Å². The molecule has 4 rings (SSSR count). The monoisotopic (exact) mass is 495 g/mol. The highest BCUT2D eigenvalue weighted by Crippen LogP contribution is 2.29. The molecule has 9 heteroatoms. The normalized spacial score (nSPS) is 14.3. The Bertz CT molecular complexity index is 1120. The number of furan rings is 1. The van der Waals surface area contributed by atoms with E-state index in [1.807, 2.05) is 23.6 Å². The van der Waals surface area contributed by atoms with Gasteiger partial charge in [-0.05, 0) is 54.1 Å². The number of nitrogens with one attached hydrogen (secondary N) is 2. The first kappa shape index (κ1) is 24.5. The van der Waals surface area contributed by atoms with Crippen LogP contribution in [0.2, 0.25) is 0 Å². The largest absolute Gasteiger partial charge is 0.497 e. The third-order valence-corrected chi connectivity index (χ3v) is 6.90. The lowest BCUT2D eigenvalue weighted by Gasteiger charge is -2.32. The molecule has 8 nitrogen and oxygen atoms in total. The van der Waals surface area contributed by atoms with Crippen molar-refractivity contribution in [3.63, 3.8) is 0 Å². The Balaban J connectivity index is 1.63. The summed E-state index contributed by atoms with van der Waals surface area (Å²) in [6.07, 6.45) is 5.39. The van der Waals surface area contributed by atoms with E-state index in [0.717, 1.165) is 30.6 Å². The van der Waals surface area contributed by atoms with Crippen LogP contribution in [-0.4, -0.2) is 42.3 Å². The zero-order valence-corrected chi connectivity index (χ0v) is 20.4. The molecule has 3 amide bonds. The molecular weight excluding hydrogens is 466 g/mol. The highest BCUT2D eigenvalue weighted by molar-refractivity contribution is 7.09. The number of hydrogen-bond acceptors (Lipinski definition) is 6. The minimum Gasteiger partial charge on any atom is -0.497 e. The van der Waals surface area contributed by atoms with Gasteiger partial charge in [0, 0.05) is 10.9 Å². The van der Waals surface area contributed by atoms with Gasteiger partial charge in [-0.15, -0.1) is 11.3 Å². The molecule has 2 N–H and O–H groups in total. The van der Waals surface area contributed by atoms with Crippen LogP contribution in [0.15, 0.2) is 64.6 Å². The summed E-state index contributed by atoms with van der Waals surface area (Å²) in [4.78, 5) is 42.0. The van der Waals surface area contributed by atoms with Crippen molar-refractivity contribution in [2.24, 2.45) is 0 Å². The van der Waals surface area contributed by atoms with Crippen molar-refractivity contribution < 1.29 is 23.5 Å². The average Bonchev–Trinajstić information content (AvgIpc) is 3.66. The molecule has 0 spiro atoms. The number of thiophene rings is 1. The van der Waals surface area contributed by atoms with Gasteiger partial charge < -0.3 is 24.7 Å². The summed E-state index contributed by atoms with van der Waals surface area (Å²) >= 11 is 1.50. The topological polar surface area (TPSA) is 101 Å². The van der Waals surface area contributed by atoms with E-state index in [1.165, 1.54) is 28.6 Å². The second-order valence-corrected chi connectivity index (χ2v) is 9.46. The molecular formula is C26H29N3O5S. The summed E-state index contributed by atoms with van der Waals surface area (Å²) in [5, 5.41) is 7.68. The fourth-order valence-corrected chi connectivity index (χ4v) is 4.98. The van der Waals surface area contributed by atoms with Gasteiger partial charge in [-0.3, -0.25) is 14.4 Å². The van der Waals surface area contributed by atoms with E-state index in [0.29, 0.717) is 11.3 Å². The predicted octanol–water partition coefficient (Wildman–Crippen LogP) is 3.91. The number of ether oxygens (including phenoxy) is 1.